The van der Waals surface area contributed by atoms with Crippen LogP contribution in [0.15, 0.2) is 0 Å². The summed E-state index contributed by atoms with van der Waals surface area (Å²) in [4.78, 5) is 0. The van der Waals surface area contributed by atoms with Gasteiger partial charge in [0.05, 0.1) is 11.9 Å². The van der Waals surface area contributed by atoms with Crippen molar-refractivity contribution in [3.63, 3.8) is 0 Å². The summed E-state index contributed by atoms with van der Waals surface area (Å²) in [6, 6.07) is 0. The molecule has 0 saturated carbocycles. The molecule has 102 valence electrons. The Morgan fingerprint density at radius 2 is 2.18 bits per heavy atom. The lowest BCUT2D eigenvalue weighted by atomic mass is 9.90. The van der Waals surface area contributed by atoms with Gasteiger partial charge in [-0.3, -0.25) is 0 Å². The van der Waals surface area contributed by atoms with E-state index in [0.717, 1.165) is 19.3 Å². The number of hydrogen-bond donors (Lipinski definition) is 2. The second-order valence-corrected chi connectivity index (χ2v) is 7.29. The van der Waals surface area contributed by atoms with Crippen molar-refractivity contribution in [3.05, 3.63) is 0 Å². The second-order valence-electron chi connectivity index (χ2n) is 5.44. The zero-order valence-corrected chi connectivity index (χ0v) is 11.6. The van der Waals surface area contributed by atoms with Gasteiger partial charge in [0.15, 0.2) is 0 Å². The van der Waals surface area contributed by atoms with E-state index in [2.05, 4.69) is 4.72 Å². The Kier molecular flexibility index (Phi) is 5.37. The lowest BCUT2D eigenvalue weighted by Gasteiger charge is -2.24. The van der Waals surface area contributed by atoms with E-state index in [9.17, 15) is 8.42 Å². The number of ether oxygens (including phenoxy) is 1. The van der Waals surface area contributed by atoms with Crippen molar-refractivity contribution in [3.8, 4) is 0 Å². The molecule has 0 spiro atoms. The van der Waals surface area contributed by atoms with Crippen molar-refractivity contribution in [2.45, 2.75) is 39.2 Å². The third-order valence-corrected chi connectivity index (χ3v) is 4.42. The molecule has 1 atom stereocenters. The molecule has 3 N–H and O–H groups in total. The van der Waals surface area contributed by atoms with Crippen LogP contribution in [0.3, 0.4) is 0 Å². The molecule has 5 nitrogen and oxygen atoms in total. The summed E-state index contributed by atoms with van der Waals surface area (Å²) < 4.78 is 31.6. The van der Waals surface area contributed by atoms with Gasteiger partial charge in [0.25, 0.3) is 0 Å². The fraction of sp³-hybridized carbons (Fsp3) is 1.00. The van der Waals surface area contributed by atoms with Crippen LogP contribution >= 0.6 is 0 Å². The normalized spacial score (nSPS) is 21.9. The molecule has 1 heterocycles. The Hall–Kier alpha value is -0.170. The minimum absolute atomic E-state index is 0.0751. The van der Waals surface area contributed by atoms with Crippen molar-refractivity contribution in [1.82, 2.24) is 4.72 Å². The van der Waals surface area contributed by atoms with E-state index >= 15 is 0 Å². The van der Waals surface area contributed by atoms with E-state index in [1.54, 1.807) is 0 Å². The van der Waals surface area contributed by atoms with Crippen LogP contribution in [0.25, 0.3) is 0 Å². The van der Waals surface area contributed by atoms with Crippen LogP contribution in [0.1, 0.15) is 33.1 Å². The van der Waals surface area contributed by atoms with Gasteiger partial charge in [-0.05, 0) is 31.2 Å². The molecule has 0 bridgehead atoms. The minimum Gasteiger partial charge on any atom is -0.377 e. The molecular weight excluding hydrogens is 240 g/mol. The Morgan fingerprint density at radius 1 is 1.47 bits per heavy atom. The molecule has 0 amide bonds. The lowest BCUT2D eigenvalue weighted by Crippen LogP contribution is -2.38. The molecule has 17 heavy (non-hydrogen) atoms. The van der Waals surface area contributed by atoms with Crippen LogP contribution in [-0.4, -0.2) is 40.0 Å². The van der Waals surface area contributed by atoms with E-state index in [1.165, 1.54) is 0 Å². The Balaban J connectivity index is 2.38. The van der Waals surface area contributed by atoms with E-state index in [1.807, 2.05) is 13.8 Å². The molecule has 1 aliphatic rings. The average molecular weight is 264 g/mol. The topological polar surface area (TPSA) is 81.4 Å². The number of sulfonamides is 1. The molecule has 1 aliphatic heterocycles. The summed E-state index contributed by atoms with van der Waals surface area (Å²) in [5, 5.41) is 0. The maximum atomic E-state index is 11.8. The summed E-state index contributed by atoms with van der Waals surface area (Å²) in [5.41, 5.74) is 5.39. The van der Waals surface area contributed by atoms with Crippen LogP contribution in [0.5, 0.6) is 0 Å². The maximum absolute atomic E-state index is 11.8. The van der Waals surface area contributed by atoms with Crippen LogP contribution in [-0.2, 0) is 14.8 Å². The fourth-order valence-corrected chi connectivity index (χ4v) is 3.34. The molecule has 6 heteroatoms. The molecule has 1 saturated heterocycles. The summed E-state index contributed by atoms with van der Waals surface area (Å²) in [6.07, 6.45) is 2.46. The van der Waals surface area contributed by atoms with Crippen molar-refractivity contribution in [1.29, 1.82) is 0 Å². The van der Waals surface area contributed by atoms with E-state index in [-0.39, 0.29) is 17.3 Å². The largest absolute Gasteiger partial charge is 0.377 e. The predicted octanol–water partition coefficient (Wildman–Crippen LogP) is 0.460. The third-order valence-electron chi connectivity index (χ3n) is 3.02. The zero-order chi connectivity index (χ0) is 12.9. The van der Waals surface area contributed by atoms with Crippen molar-refractivity contribution >= 4 is 10.0 Å². The number of nitrogens with two attached hydrogens (primary N) is 1. The van der Waals surface area contributed by atoms with E-state index in [4.69, 9.17) is 10.5 Å². The van der Waals surface area contributed by atoms with E-state index < -0.39 is 10.0 Å². The first-order valence-electron chi connectivity index (χ1n) is 6.14. The molecule has 0 aromatic carbocycles. The van der Waals surface area contributed by atoms with Gasteiger partial charge in [0.1, 0.15) is 0 Å². The SMILES string of the molecule is CC(C)(CCN)CNS(=O)(=O)CC1CCCO1. The standard InChI is InChI=1S/C11H24N2O3S/c1-11(2,5-6-12)9-13-17(14,15)8-10-4-3-7-16-10/h10,13H,3-9,12H2,1-2H3. The van der Waals surface area contributed by atoms with Gasteiger partial charge in [0.2, 0.25) is 10.0 Å². The maximum Gasteiger partial charge on any atom is 0.214 e. The van der Waals surface area contributed by atoms with Gasteiger partial charge in [-0.15, -0.1) is 0 Å². The molecule has 1 rings (SSSR count). The average Bonchev–Trinajstić information content (AvgIpc) is 2.67. The van der Waals surface area contributed by atoms with Crippen molar-refractivity contribution in [2.75, 3.05) is 25.4 Å². The van der Waals surface area contributed by atoms with Gasteiger partial charge in [-0.2, -0.15) is 0 Å². The first-order valence-corrected chi connectivity index (χ1v) is 7.79. The highest BCUT2D eigenvalue weighted by molar-refractivity contribution is 7.89. The lowest BCUT2D eigenvalue weighted by molar-refractivity contribution is 0.127. The van der Waals surface area contributed by atoms with E-state index in [0.29, 0.717) is 19.7 Å². The summed E-state index contributed by atoms with van der Waals surface area (Å²) in [5.74, 6) is 0.0751. The van der Waals surface area contributed by atoms with Crippen LogP contribution in [0.4, 0.5) is 0 Å². The predicted molar refractivity (Wildman–Crippen MR) is 68.2 cm³/mol. The Labute approximate surface area is 104 Å². The van der Waals surface area contributed by atoms with Gasteiger partial charge >= 0.3 is 0 Å². The summed E-state index contributed by atoms with van der Waals surface area (Å²) in [6.45, 7) is 5.70. The molecule has 1 fully saturated rings. The monoisotopic (exact) mass is 264 g/mol. The first-order chi connectivity index (χ1) is 7.85. The third kappa shape index (κ3) is 5.81. The van der Waals surface area contributed by atoms with Crippen LogP contribution in [0, 0.1) is 5.41 Å². The van der Waals surface area contributed by atoms with Gasteiger partial charge in [0, 0.05) is 13.2 Å². The summed E-state index contributed by atoms with van der Waals surface area (Å²) in [7, 11) is -3.23. The molecule has 0 aromatic rings. The first kappa shape index (κ1) is 14.9. The molecule has 1 unspecified atom stereocenters. The van der Waals surface area contributed by atoms with Gasteiger partial charge < -0.3 is 10.5 Å². The van der Waals surface area contributed by atoms with Gasteiger partial charge in [-0.1, -0.05) is 13.8 Å². The minimum atomic E-state index is -3.23. The molecule has 0 aliphatic carbocycles. The molecule has 0 radical (unpaired) electrons. The number of nitrogens with one attached hydrogen (secondary N) is 1. The quantitative estimate of drug-likeness (QED) is 0.700. The van der Waals surface area contributed by atoms with Crippen molar-refractivity contribution < 1.29 is 13.2 Å². The summed E-state index contributed by atoms with van der Waals surface area (Å²) >= 11 is 0. The fourth-order valence-electron chi connectivity index (χ4n) is 1.86. The number of rotatable bonds is 7. The van der Waals surface area contributed by atoms with Crippen molar-refractivity contribution in [2.24, 2.45) is 11.1 Å². The number of hydrogen-bond acceptors (Lipinski definition) is 4. The zero-order valence-electron chi connectivity index (χ0n) is 10.7. The van der Waals surface area contributed by atoms with Crippen LogP contribution in [0.2, 0.25) is 0 Å². The molecule has 0 aromatic heterocycles. The highest BCUT2D eigenvalue weighted by Crippen LogP contribution is 2.19. The smallest absolute Gasteiger partial charge is 0.214 e. The second kappa shape index (κ2) is 6.13. The Bertz CT molecular complexity index is 322. The van der Waals surface area contributed by atoms with Crippen LogP contribution < -0.4 is 10.5 Å². The Morgan fingerprint density at radius 3 is 2.71 bits per heavy atom. The molecular formula is C11H24N2O3S. The highest BCUT2D eigenvalue weighted by atomic mass is 32.2. The van der Waals surface area contributed by atoms with Gasteiger partial charge in [-0.25, -0.2) is 13.1 Å². The highest BCUT2D eigenvalue weighted by Gasteiger charge is 2.25.